The van der Waals surface area contributed by atoms with Crippen LogP contribution < -0.4 is 14.9 Å². The third-order valence-corrected chi connectivity index (χ3v) is 8.76. The molecule has 2 N–H and O–H groups in total. The second-order valence-electron chi connectivity index (χ2n) is 9.93. The molecule has 5 aromatic carbocycles. The van der Waals surface area contributed by atoms with Gasteiger partial charge < -0.3 is 10.6 Å². The van der Waals surface area contributed by atoms with Crippen molar-refractivity contribution in [1.82, 2.24) is 5.32 Å². The number of benzene rings is 5. The maximum Gasteiger partial charge on any atom is 0.264 e. The molecule has 7 nitrogen and oxygen atoms in total. The first kappa shape index (κ1) is 29.3. The Bertz CT molecular complexity index is 1810. The lowest BCUT2D eigenvalue weighted by Gasteiger charge is -2.27. The summed E-state index contributed by atoms with van der Waals surface area (Å²) in [4.78, 5) is 27.2. The molecular formula is C35H31N3O4S. The molecule has 0 aliphatic carbocycles. The molecule has 0 bridgehead atoms. The van der Waals surface area contributed by atoms with E-state index in [4.69, 9.17) is 0 Å². The number of carbonyl (C=O) groups excluding carboxylic acids is 2. The summed E-state index contributed by atoms with van der Waals surface area (Å²) in [7, 11) is -4.05. The van der Waals surface area contributed by atoms with Crippen molar-refractivity contribution >= 4 is 33.2 Å². The Morgan fingerprint density at radius 1 is 0.651 bits per heavy atom. The summed E-state index contributed by atoms with van der Waals surface area (Å²) in [5.41, 5.74) is 2.66. The van der Waals surface area contributed by atoms with E-state index in [0.29, 0.717) is 5.69 Å². The molecule has 1 atom stereocenters. The average molecular weight is 590 g/mol. The highest BCUT2D eigenvalue weighted by atomic mass is 32.2. The summed E-state index contributed by atoms with van der Waals surface area (Å²) in [5, 5.41) is 5.83. The molecule has 0 aromatic heterocycles. The quantitative estimate of drug-likeness (QED) is 0.187. The molecule has 0 radical (unpaired) electrons. The molecule has 0 heterocycles. The first-order chi connectivity index (χ1) is 20.8. The average Bonchev–Trinajstić information content (AvgIpc) is 3.05. The van der Waals surface area contributed by atoms with Crippen LogP contribution in [0.3, 0.4) is 0 Å². The molecule has 0 fully saturated rings. The molecule has 8 heteroatoms. The highest BCUT2D eigenvalue weighted by Crippen LogP contribution is 2.30. The van der Waals surface area contributed by atoms with Gasteiger partial charge in [0.05, 0.1) is 40.0 Å². The van der Waals surface area contributed by atoms with Crippen molar-refractivity contribution in [3.8, 4) is 0 Å². The van der Waals surface area contributed by atoms with E-state index in [1.54, 1.807) is 66.7 Å². The van der Waals surface area contributed by atoms with Gasteiger partial charge in [0.15, 0.2) is 0 Å². The van der Waals surface area contributed by atoms with Crippen molar-refractivity contribution in [2.75, 3.05) is 9.62 Å². The minimum Gasteiger partial charge on any atom is -0.345 e. The molecule has 5 rings (SSSR count). The summed E-state index contributed by atoms with van der Waals surface area (Å²) < 4.78 is 29.2. The summed E-state index contributed by atoms with van der Waals surface area (Å²) in [6.07, 6.45) is 0. The van der Waals surface area contributed by atoms with E-state index in [1.165, 1.54) is 16.4 Å². The van der Waals surface area contributed by atoms with Crippen LogP contribution in [0, 0.1) is 0 Å². The third kappa shape index (κ3) is 6.82. The highest BCUT2D eigenvalue weighted by Gasteiger charge is 2.29. The first-order valence-corrected chi connectivity index (χ1v) is 15.3. The zero-order valence-corrected chi connectivity index (χ0v) is 24.4. The van der Waals surface area contributed by atoms with Gasteiger partial charge >= 0.3 is 0 Å². The fourth-order valence-corrected chi connectivity index (χ4v) is 6.22. The number of rotatable bonds is 10. The second-order valence-corrected chi connectivity index (χ2v) is 11.8. The Morgan fingerprint density at radius 2 is 1.19 bits per heavy atom. The van der Waals surface area contributed by atoms with Crippen LogP contribution in [0.2, 0.25) is 0 Å². The number of hydrogen-bond donors (Lipinski definition) is 2. The number of hydrogen-bond acceptors (Lipinski definition) is 4. The Hall–Kier alpha value is -5.21. The van der Waals surface area contributed by atoms with E-state index in [1.807, 2.05) is 67.6 Å². The summed E-state index contributed by atoms with van der Waals surface area (Å²) in [6.45, 7) is 1.90. The van der Waals surface area contributed by atoms with Gasteiger partial charge in [0.1, 0.15) is 0 Å². The van der Waals surface area contributed by atoms with Gasteiger partial charge in [-0.05, 0) is 54.4 Å². The standard InChI is InChI=1S/C35H31N3O4S/c1-26(28-17-7-3-8-18-28)36-34(39)30-21-11-13-23-32(30)37-35(40)31-22-12-14-24-33(31)38(25-27-15-5-2-6-16-27)43(41,42)29-19-9-4-10-20-29/h2-24,26H,25H2,1H3,(H,36,39)(H,37,40)/t26-/m0/s1. The zero-order valence-electron chi connectivity index (χ0n) is 23.6. The number of nitrogens with zero attached hydrogens (tertiary/aromatic N) is 1. The molecule has 43 heavy (non-hydrogen) atoms. The summed E-state index contributed by atoms with van der Waals surface area (Å²) in [5.74, 6) is -0.897. The molecule has 0 aliphatic rings. The number of para-hydroxylation sites is 2. The maximum absolute atomic E-state index is 14.0. The van der Waals surface area contributed by atoms with Crippen molar-refractivity contribution in [3.05, 3.63) is 162 Å². The Kier molecular flexibility index (Phi) is 8.98. The Balaban J connectivity index is 1.47. The zero-order chi connectivity index (χ0) is 30.2. The van der Waals surface area contributed by atoms with E-state index in [-0.39, 0.29) is 40.2 Å². The van der Waals surface area contributed by atoms with Gasteiger partial charge in [-0.25, -0.2) is 8.42 Å². The predicted octanol–water partition coefficient (Wildman–Crippen LogP) is 6.83. The fourth-order valence-electron chi connectivity index (χ4n) is 4.73. The molecular weight excluding hydrogens is 558 g/mol. The van der Waals surface area contributed by atoms with Crippen molar-refractivity contribution in [2.24, 2.45) is 0 Å². The molecule has 0 unspecified atom stereocenters. The maximum atomic E-state index is 14.0. The van der Waals surface area contributed by atoms with E-state index in [0.717, 1.165) is 11.1 Å². The molecule has 0 aliphatic heterocycles. The van der Waals surface area contributed by atoms with Gasteiger partial charge in [-0.1, -0.05) is 103 Å². The van der Waals surface area contributed by atoms with Gasteiger partial charge in [0, 0.05) is 0 Å². The highest BCUT2D eigenvalue weighted by molar-refractivity contribution is 7.92. The minimum atomic E-state index is -4.05. The number of sulfonamides is 1. The van der Waals surface area contributed by atoms with Gasteiger partial charge in [-0.3, -0.25) is 13.9 Å². The number of carbonyl (C=O) groups is 2. The SMILES string of the molecule is C[C@H](NC(=O)c1ccccc1NC(=O)c1ccccc1N(Cc1ccccc1)S(=O)(=O)c1ccccc1)c1ccccc1. The van der Waals surface area contributed by atoms with Gasteiger partial charge in [0.2, 0.25) is 0 Å². The first-order valence-electron chi connectivity index (χ1n) is 13.8. The van der Waals surface area contributed by atoms with Crippen LogP contribution in [0.4, 0.5) is 11.4 Å². The van der Waals surface area contributed by atoms with Gasteiger partial charge in [0.25, 0.3) is 21.8 Å². The van der Waals surface area contributed by atoms with Crippen LogP contribution in [0.1, 0.15) is 44.8 Å². The van der Waals surface area contributed by atoms with Crippen LogP contribution in [-0.2, 0) is 16.6 Å². The molecule has 0 spiro atoms. The molecule has 5 aromatic rings. The summed E-state index contributed by atoms with van der Waals surface area (Å²) in [6, 6.07) is 39.9. The lowest BCUT2D eigenvalue weighted by atomic mass is 10.1. The summed E-state index contributed by atoms with van der Waals surface area (Å²) >= 11 is 0. The number of amides is 2. The van der Waals surface area contributed by atoms with Gasteiger partial charge in [-0.15, -0.1) is 0 Å². The third-order valence-electron chi connectivity index (χ3n) is 6.98. The lowest BCUT2D eigenvalue weighted by Crippen LogP contribution is -2.32. The number of nitrogens with one attached hydrogen (secondary N) is 2. The normalized spacial score (nSPS) is 11.7. The largest absolute Gasteiger partial charge is 0.345 e. The van der Waals surface area contributed by atoms with Crippen LogP contribution in [0.15, 0.2) is 144 Å². The van der Waals surface area contributed by atoms with E-state index in [9.17, 15) is 18.0 Å². The fraction of sp³-hybridized carbons (Fsp3) is 0.0857. The smallest absolute Gasteiger partial charge is 0.264 e. The monoisotopic (exact) mass is 589 g/mol. The molecule has 0 saturated heterocycles. The molecule has 2 amide bonds. The van der Waals surface area contributed by atoms with Crippen molar-refractivity contribution in [1.29, 1.82) is 0 Å². The van der Waals surface area contributed by atoms with Crippen molar-refractivity contribution < 1.29 is 18.0 Å². The Labute approximate surface area is 251 Å². The topological polar surface area (TPSA) is 95.6 Å². The van der Waals surface area contributed by atoms with Crippen LogP contribution >= 0.6 is 0 Å². The second kappa shape index (κ2) is 13.2. The lowest BCUT2D eigenvalue weighted by molar-refractivity contribution is 0.0940. The predicted molar refractivity (Wildman–Crippen MR) is 169 cm³/mol. The molecule has 0 saturated carbocycles. The van der Waals surface area contributed by atoms with E-state index < -0.39 is 15.9 Å². The van der Waals surface area contributed by atoms with Crippen molar-refractivity contribution in [3.63, 3.8) is 0 Å². The van der Waals surface area contributed by atoms with Crippen molar-refractivity contribution in [2.45, 2.75) is 24.4 Å². The Morgan fingerprint density at radius 3 is 1.86 bits per heavy atom. The van der Waals surface area contributed by atoms with Crippen LogP contribution in [0.5, 0.6) is 0 Å². The molecule has 216 valence electrons. The van der Waals surface area contributed by atoms with Crippen LogP contribution in [-0.4, -0.2) is 20.2 Å². The van der Waals surface area contributed by atoms with E-state index in [2.05, 4.69) is 10.6 Å². The number of anilines is 2. The van der Waals surface area contributed by atoms with E-state index >= 15 is 0 Å². The minimum absolute atomic E-state index is 0.0126. The van der Waals surface area contributed by atoms with Gasteiger partial charge in [-0.2, -0.15) is 0 Å². The van der Waals surface area contributed by atoms with Crippen LogP contribution in [0.25, 0.3) is 0 Å².